The van der Waals surface area contributed by atoms with Crippen LogP contribution in [0.15, 0.2) is 42.3 Å². The largest absolute Gasteiger partial charge is 0.351 e. The van der Waals surface area contributed by atoms with Crippen molar-refractivity contribution in [3.63, 3.8) is 0 Å². The molecule has 6 nitrogen and oxygen atoms in total. The maximum absolute atomic E-state index is 12.1. The number of thiophene rings is 1. The fourth-order valence-electron chi connectivity index (χ4n) is 2.52. The number of pyridine rings is 1. The Kier molecular flexibility index (Phi) is 3.19. The van der Waals surface area contributed by atoms with Gasteiger partial charge in [0.1, 0.15) is 12.1 Å². The average molecular weight is 311 g/mol. The minimum absolute atomic E-state index is 0.0593. The number of aromatic nitrogens is 3. The predicted molar refractivity (Wildman–Crippen MR) is 85.1 cm³/mol. The summed E-state index contributed by atoms with van der Waals surface area (Å²) >= 11 is 1.64. The van der Waals surface area contributed by atoms with Crippen LogP contribution in [0.1, 0.15) is 10.4 Å². The molecule has 7 heteroatoms. The lowest BCUT2D eigenvalue weighted by molar-refractivity contribution is 0.0930. The van der Waals surface area contributed by atoms with Crippen LogP contribution in [0, 0.1) is 0 Å². The van der Waals surface area contributed by atoms with E-state index in [0.29, 0.717) is 5.56 Å². The van der Waals surface area contributed by atoms with Gasteiger partial charge in [0.25, 0.3) is 5.91 Å². The van der Waals surface area contributed by atoms with Gasteiger partial charge in [0.2, 0.25) is 0 Å². The van der Waals surface area contributed by atoms with Crippen molar-refractivity contribution in [2.24, 2.45) is 0 Å². The number of nitrogens with zero attached hydrogens (tertiary/aromatic N) is 4. The Bertz CT molecular complexity index is 813. The van der Waals surface area contributed by atoms with Crippen LogP contribution in [0.25, 0.3) is 10.2 Å². The van der Waals surface area contributed by atoms with E-state index in [0.717, 1.165) is 29.1 Å². The summed E-state index contributed by atoms with van der Waals surface area (Å²) < 4.78 is 1.10. The minimum atomic E-state index is -0.0593. The number of carbonyl (C=O) groups excluding carboxylic acids is 1. The lowest BCUT2D eigenvalue weighted by Gasteiger charge is -2.40. The highest BCUT2D eigenvalue weighted by Crippen LogP contribution is 2.30. The van der Waals surface area contributed by atoms with E-state index >= 15 is 0 Å². The number of anilines is 1. The number of rotatable bonds is 3. The van der Waals surface area contributed by atoms with Gasteiger partial charge in [-0.25, -0.2) is 9.97 Å². The van der Waals surface area contributed by atoms with Crippen LogP contribution < -0.4 is 10.2 Å². The van der Waals surface area contributed by atoms with Crippen LogP contribution in [0.3, 0.4) is 0 Å². The molecule has 0 atom stereocenters. The topological polar surface area (TPSA) is 71.0 Å². The van der Waals surface area contributed by atoms with Crippen LogP contribution in [0.5, 0.6) is 0 Å². The van der Waals surface area contributed by atoms with Gasteiger partial charge >= 0.3 is 0 Å². The first-order valence-corrected chi connectivity index (χ1v) is 7.83. The number of carbonyl (C=O) groups is 1. The first-order chi connectivity index (χ1) is 10.8. The van der Waals surface area contributed by atoms with Gasteiger partial charge in [-0.05, 0) is 23.6 Å². The van der Waals surface area contributed by atoms with Crippen molar-refractivity contribution in [3.8, 4) is 0 Å². The highest BCUT2D eigenvalue weighted by Gasteiger charge is 2.30. The first kappa shape index (κ1) is 13.1. The molecule has 0 aromatic carbocycles. The van der Waals surface area contributed by atoms with Gasteiger partial charge < -0.3 is 10.2 Å². The monoisotopic (exact) mass is 311 g/mol. The summed E-state index contributed by atoms with van der Waals surface area (Å²) in [7, 11) is 0. The molecule has 1 N–H and O–H groups in total. The summed E-state index contributed by atoms with van der Waals surface area (Å²) in [6.45, 7) is 1.53. The fourth-order valence-corrected chi connectivity index (χ4v) is 3.38. The zero-order chi connectivity index (χ0) is 14.9. The second-order valence-electron chi connectivity index (χ2n) is 5.14. The standard InChI is InChI=1S/C15H13N5OS/c21-15(10-1-4-16-5-2-10)19-11-7-20(8-11)14-13-12(3-6-22-13)17-9-18-14/h1-6,9,11H,7-8H2,(H,19,21). The number of amides is 1. The second kappa shape index (κ2) is 5.34. The Balaban J connectivity index is 1.42. The number of fused-ring (bicyclic) bond motifs is 1. The van der Waals surface area contributed by atoms with E-state index in [2.05, 4.69) is 25.2 Å². The fraction of sp³-hybridized carbons (Fsp3) is 0.200. The molecule has 0 spiro atoms. The highest BCUT2D eigenvalue weighted by atomic mass is 32.1. The van der Waals surface area contributed by atoms with E-state index < -0.39 is 0 Å². The van der Waals surface area contributed by atoms with Crippen molar-refractivity contribution in [1.82, 2.24) is 20.3 Å². The molecule has 0 bridgehead atoms. The van der Waals surface area contributed by atoms with Crippen LogP contribution in [-0.2, 0) is 0 Å². The Morgan fingerprint density at radius 3 is 2.86 bits per heavy atom. The first-order valence-electron chi connectivity index (χ1n) is 6.95. The normalized spacial score (nSPS) is 14.8. The lowest BCUT2D eigenvalue weighted by Crippen LogP contribution is -2.59. The molecule has 1 aliphatic rings. The zero-order valence-electron chi connectivity index (χ0n) is 11.6. The molecular weight excluding hydrogens is 298 g/mol. The molecule has 0 saturated carbocycles. The van der Waals surface area contributed by atoms with E-state index in [9.17, 15) is 4.79 Å². The van der Waals surface area contributed by atoms with Crippen molar-refractivity contribution in [2.75, 3.05) is 18.0 Å². The number of nitrogens with one attached hydrogen (secondary N) is 1. The third-order valence-electron chi connectivity index (χ3n) is 3.68. The van der Waals surface area contributed by atoms with Crippen molar-refractivity contribution in [1.29, 1.82) is 0 Å². The van der Waals surface area contributed by atoms with E-state index in [1.165, 1.54) is 0 Å². The molecule has 1 aliphatic heterocycles. The van der Waals surface area contributed by atoms with Crippen LogP contribution in [0.2, 0.25) is 0 Å². The number of hydrogen-bond donors (Lipinski definition) is 1. The second-order valence-corrected chi connectivity index (χ2v) is 6.06. The Morgan fingerprint density at radius 1 is 1.23 bits per heavy atom. The molecule has 1 fully saturated rings. The maximum Gasteiger partial charge on any atom is 0.251 e. The van der Waals surface area contributed by atoms with E-state index in [4.69, 9.17) is 0 Å². The Labute approximate surface area is 130 Å². The molecular formula is C15H13N5OS. The average Bonchev–Trinajstić information content (AvgIpc) is 3.00. The van der Waals surface area contributed by atoms with Gasteiger partial charge in [0.05, 0.1) is 16.3 Å². The molecule has 4 heterocycles. The summed E-state index contributed by atoms with van der Waals surface area (Å²) in [4.78, 5) is 26.8. The van der Waals surface area contributed by atoms with Crippen molar-refractivity contribution in [2.45, 2.75) is 6.04 Å². The molecule has 0 unspecified atom stereocenters. The van der Waals surface area contributed by atoms with Gasteiger partial charge in [-0.2, -0.15) is 0 Å². The predicted octanol–water partition coefficient (Wildman–Crippen LogP) is 1.70. The van der Waals surface area contributed by atoms with Gasteiger partial charge in [-0.1, -0.05) is 0 Å². The van der Waals surface area contributed by atoms with Crippen LogP contribution >= 0.6 is 11.3 Å². The molecule has 3 aromatic heterocycles. The van der Waals surface area contributed by atoms with E-state index in [1.54, 1.807) is 42.2 Å². The summed E-state index contributed by atoms with van der Waals surface area (Å²) in [5.74, 6) is 0.894. The summed E-state index contributed by atoms with van der Waals surface area (Å²) in [6.07, 6.45) is 4.83. The van der Waals surface area contributed by atoms with Crippen LogP contribution in [0.4, 0.5) is 5.82 Å². The molecule has 0 aliphatic carbocycles. The lowest BCUT2D eigenvalue weighted by atomic mass is 10.1. The molecule has 1 saturated heterocycles. The van der Waals surface area contributed by atoms with Crippen molar-refractivity contribution >= 4 is 33.3 Å². The quantitative estimate of drug-likeness (QED) is 0.797. The molecule has 110 valence electrons. The molecule has 0 radical (unpaired) electrons. The van der Waals surface area contributed by atoms with Crippen molar-refractivity contribution < 1.29 is 4.79 Å². The smallest absolute Gasteiger partial charge is 0.251 e. The van der Waals surface area contributed by atoms with E-state index in [1.807, 2.05) is 11.4 Å². The maximum atomic E-state index is 12.1. The van der Waals surface area contributed by atoms with Gasteiger partial charge in [0.15, 0.2) is 0 Å². The third-order valence-corrected chi connectivity index (χ3v) is 4.58. The number of hydrogen-bond acceptors (Lipinski definition) is 6. The minimum Gasteiger partial charge on any atom is -0.351 e. The zero-order valence-corrected chi connectivity index (χ0v) is 12.5. The van der Waals surface area contributed by atoms with E-state index in [-0.39, 0.29) is 11.9 Å². The van der Waals surface area contributed by atoms with Crippen LogP contribution in [-0.4, -0.2) is 40.0 Å². The molecule has 1 amide bonds. The Hall–Kier alpha value is -2.54. The summed E-state index contributed by atoms with van der Waals surface area (Å²) in [6, 6.07) is 5.57. The van der Waals surface area contributed by atoms with Gasteiger partial charge in [0, 0.05) is 31.0 Å². The highest BCUT2D eigenvalue weighted by molar-refractivity contribution is 7.17. The van der Waals surface area contributed by atoms with Gasteiger partial charge in [-0.15, -0.1) is 11.3 Å². The molecule has 4 rings (SSSR count). The third kappa shape index (κ3) is 2.29. The molecule has 3 aromatic rings. The summed E-state index contributed by atoms with van der Waals surface area (Å²) in [5, 5.41) is 5.05. The summed E-state index contributed by atoms with van der Waals surface area (Å²) in [5.41, 5.74) is 1.61. The Morgan fingerprint density at radius 2 is 2.05 bits per heavy atom. The SMILES string of the molecule is O=C(NC1CN(c2ncnc3ccsc23)C1)c1ccncc1. The van der Waals surface area contributed by atoms with Crippen molar-refractivity contribution in [3.05, 3.63) is 47.9 Å². The molecule has 22 heavy (non-hydrogen) atoms. The van der Waals surface area contributed by atoms with Gasteiger partial charge in [-0.3, -0.25) is 9.78 Å².